The summed E-state index contributed by atoms with van der Waals surface area (Å²) < 4.78 is 6.87. The first-order chi connectivity index (χ1) is 9.70. The fourth-order valence-electron chi connectivity index (χ4n) is 1.93. The Labute approximate surface area is 127 Å². The molecule has 20 heavy (non-hydrogen) atoms. The van der Waals surface area contributed by atoms with E-state index in [9.17, 15) is 0 Å². The monoisotopic (exact) mass is 332 g/mol. The maximum atomic E-state index is 5.79. The van der Waals surface area contributed by atoms with Crippen LogP contribution in [0.4, 0.5) is 0 Å². The summed E-state index contributed by atoms with van der Waals surface area (Å²) in [6, 6.07) is 10.7. The van der Waals surface area contributed by atoms with E-state index in [0.717, 1.165) is 34.3 Å². The Morgan fingerprint density at radius 3 is 2.70 bits per heavy atom. The largest absolute Gasteiger partial charge is 0.456 e. The number of nitrogens with one attached hydrogen (secondary N) is 1. The maximum absolute atomic E-state index is 5.79. The number of pyridine rings is 1. The second-order valence-electron chi connectivity index (χ2n) is 5.15. The van der Waals surface area contributed by atoms with Crippen LogP contribution in [0.1, 0.15) is 24.1 Å². The van der Waals surface area contributed by atoms with Crippen molar-refractivity contribution in [3.8, 4) is 11.5 Å². The van der Waals surface area contributed by atoms with Crippen LogP contribution in [0.25, 0.3) is 0 Å². The van der Waals surface area contributed by atoms with Gasteiger partial charge in [-0.3, -0.25) is 4.98 Å². The third-order valence-electron chi connectivity index (χ3n) is 3.30. The van der Waals surface area contributed by atoms with Gasteiger partial charge < -0.3 is 10.1 Å². The zero-order chi connectivity index (χ0) is 13.9. The second-order valence-corrected chi connectivity index (χ2v) is 6.00. The van der Waals surface area contributed by atoms with E-state index in [1.165, 1.54) is 18.4 Å². The van der Waals surface area contributed by atoms with Crippen LogP contribution in [0, 0.1) is 6.92 Å². The lowest BCUT2D eigenvalue weighted by Gasteiger charge is -2.09. The molecule has 1 aromatic carbocycles. The van der Waals surface area contributed by atoms with Crippen LogP contribution in [0.3, 0.4) is 0 Å². The number of halogens is 1. The predicted octanol–water partition coefficient (Wildman–Crippen LogP) is 4.20. The summed E-state index contributed by atoms with van der Waals surface area (Å²) in [4.78, 5) is 4.22. The molecule has 104 valence electrons. The fourth-order valence-corrected chi connectivity index (χ4v) is 2.43. The predicted molar refractivity (Wildman–Crippen MR) is 83.1 cm³/mol. The van der Waals surface area contributed by atoms with E-state index in [0.29, 0.717) is 0 Å². The molecule has 4 heteroatoms. The molecule has 1 saturated carbocycles. The summed E-state index contributed by atoms with van der Waals surface area (Å²) in [6.45, 7) is 2.86. The Morgan fingerprint density at radius 1 is 1.25 bits per heavy atom. The van der Waals surface area contributed by atoms with Gasteiger partial charge >= 0.3 is 0 Å². The molecule has 0 atom stereocenters. The minimum atomic E-state index is 0.719. The number of aromatic nitrogens is 1. The molecule has 0 spiro atoms. The Kier molecular flexibility index (Phi) is 4.03. The lowest BCUT2D eigenvalue weighted by atomic mass is 10.2. The Balaban J connectivity index is 1.67. The van der Waals surface area contributed by atoms with Crippen molar-refractivity contribution in [2.75, 3.05) is 0 Å². The number of hydrogen-bond donors (Lipinski definition) is 1. The van der Waals surface area contributed by atoms with Gasteiger partial charge in [0.1, 0.15) is 11.5 Å². The summed E-state index contributed by atoms with van der Waals surface area (Å²) in [5.41, 5.74) is 2.24. The van der Waals surface area contributed by atoms with Gasteiger partial charge in [0.05, 0.1) is 6.20 Å². The van der Waals surface area contributed by atoms with Gasteiger partial charge in [0.25, 0.3) is 0 Å². The number of aryl methyl sites for hydroxylation is 1. The molecular formula is C16H17BrN2O. The zero-order valence-electron chi connectivity index (χ0n) is 11.4. The van der Waals surface area contributed by atoms with Crippen LogP contribution in [0.5, 0.6) is 11.5 Å². The molecule has 1 heterocycles. The standard InChI is InChI=1S/C16H17BrN2O/c1-11-2-6-15(10-18-11)20-14-7-3-12(16(17)8-14)9-19-13-4-5-13/h2-3,6-8,10,13,19H,4-5,9H2,1H3. The van der Waals surface area contributed by atoms with Crippen LogP contribution in [-0.4, -0.2) is 11.0 Å². The smallest absolute Gasteiger partial charge is 0.145 e. The highest BCUT2D eigenvalue weighted by molar-refractivity contribution is 9.10. The van der Waals surface area contributed by atoms with E-state index in [4.69, 9.17) is 4.74 Å². The van der Waals surface area contributed by atoms with Gasteiger partial charge in [-0.15, -0.1) is 0 Å². The third-order valence-corrected chi connectivity index (χ3v) is 4.04. The van der Waals surface area contributed by atoms with Crippen LogP contribution < -0.4 is 10.1 Å². The Morgan fingerprint density at radius 2 is 2.05 bits per heavy atom. The van der Waals surface area contributed by atoms with Gasteiger partial charge in [0.15, 0.2) is 0 Å². The molecule has 1 aliphatic rings. The maximum Gasteiger partial charge on any atom is 0.145 e. The van der Waals surface area contributed by atoms with E-state index in [1.807, 2.05) is 31.2 Å². The highest BCUT2D eigenvalue weighted by atomic mass is 79.9. The van der Waals surface area contributed by atoms with Crippen molar-refractivity contribution in [1.82, 2.24) is 10.3 Å². The van der Waals surface area contributed by atoms with Gasteiger partial charge in [-0.2, -0.15) is 0 Å². The van der Waals surface area contributed by atoms with Crippen LogP contribution in [0.15, 0.2) is 41.0 Å². The summed E-state index contributed by atoms with van der Waals surface area (Å²) in [6.07, 6.45) is 4.35. The number of ether oxygens (including phenoxy) is 1. The molecule has 0 unspecified atom stereocenters. The molecule has 2 aromatic rings. The minimum absolute atomic E-state index is 0.719. The quantitative estimate of drug-likeness (QED) is 0.891. The Hall–Kier alpha value is -1.39. The molecule has 1 aliphatic carbocycles. The molecule has 3 rings (SSSR count). The average Bonchev–Trinajstić information content (AvgIpc) is 3.25. The number of nitrogens with zero attached hydrogens (tertiary/aromatic N) is 1. The lowest BCUT2D eigenvalue weighted by Crippen LogP contribution is -2.15. The van der Waals surface area contributed by atoms with Crippen LogP contribution >= 0.6 is 15.9 Å². The average molecular weight is 333 g/mol. The van der Waals surface area contributed by atoms with E-state index in [1.54, 1.807) is 6.20 Å². The molecule has 3 nitrogen and oxygen atoms in total. The summed E-state index contributed by atoms with van der Waals surface area (Å²) in [5, 5.41) is 3.51. The fraction of sp³-hybridized carbons (Fsp3) is 0.312. The van der Waals surface area contributed by atoms with Crippen LogP contribution in [0.2, 0.25) is 0 Å². The SMILES string of the molecule is Cc1ccc(Oc2ccc(CNC3CC3)c(Br)c2)cn1. The van der Waals surface area contributed by atoms with Crippen molar-refractivity contribution < 1.29 is 4.74 Å². The van der Waals surface area contributed by atoms with Gasteiger partial charge in [-0.05, 0) is 49.6 Å². The molecule has 0 saturated heterocycles. The summed E-state index contributed by atoms with van der Waals surface area (Å²) in [5.74, 6) is 1.57. The lowest BCUT2D eigenvalue weighted by molar-refractivity contribution is 0.479. The molecule has 1 N–H and O–H groups in total. The first-order valence-corrected chi connectivity index (χ1v) is 7.62. The van der Waals surface area contributed by atoms with Crippen molar-refractivity contribution >= 4 is 15.9 Å². The normalized spacial score (nSPS) is 14.3. The van der Waals surface area contributed by atoms with Gasteiger partial charge in [0.2, 0.25) is 0 Å². The van der Waals surface area contributed by atoms with E-state index < -0.39 is 0 Å². The zero-order valence-corrected chi connectivity index (χ0v) is 13.0. The topological polar surface area (TPSA) is 34.1 Å². The third kappa shape index (κ3) is 3.58. The van der Waals surface area contributed by atoms with Crippen LogP contribution in [-0.2, 0) is 6.54 Å². The van der Waals surface area contributed by atoms with Gasteiger partial charge in [-0.1, -0.05) is 22.0 Å². The summed E-state index contributed by atoms with van der Waals surface area (Å²) in [7, 11) is 0. The van der Waals surface area contributed by atoms with Gasteiger partial charge in [-0.25, -0.2) is 0 Å². The molecule has 0 bridgehead atoms. The Bertz CT molecular complexity index is 594. The second kappa shape index (κ2) is 5.94. The first kappa shape index (κ1) is 13.6. The number of benzene rings is 1. The van der Waals surface area contributed by atoms with Crippen molar-refractivity contribution in [3.63, 3.8) is 0 Å². The summed E-state index contributed by atoms with van der Waals surface area (Å²) >= 11 is 3.61. The van der Waals surface area contributed by atoms with Crippen molar-refractivity contribution in [2.45, 2.75) is 32.4 Å². The minimum Gasteiger partial charge on any atom is -0.456 e. The van der Waals surface area contributed by atoms with Crippen molar-refractivity contribution in [2.24, 2.45) is 0 Å². The van der Waals surface area contributed by atoms with Gasteiger partial charge in [0, 0.05) is 22.8 Å². The number of rotatable bonds is 5. The highest BCUT2D eigenvalue weighted by Crippen LogP contribution is 2.28. The molecule has 0 radical (unpaired) electrons. The molecular weight excluding hydrogens is 316 g/mol. The molecule has 1 aromatic heterocycles. The van der Waals surface area contributed by atoms with Crippen molar-refractivity contribution in [3.05, 3.63) is 52.3 Å². The van der Waals surface area contributed by atoms with E-state index >= 15 is 0 Å². The molecule has 0 amide bonds. The first-order valence-electron chi connectivity index (χ1n) is 6.83. The molecule has 1 fully saturated rings. The molecule has 0 aliphatic heterocycles. The highest BCUT2D eigenvalue weighted by Gasteiger charge is 2.20. The van der Waals surface area contributed by atoms with E-state index in [2.05, 4.69) is 32.3 Å². The van der Waals surface area contributed by atoms with Crippen molar-refractivity contribution in [1.29, 1.82) is 0 Å². The number of hydrogen-bond acceptors (Lipinski definition) is 3. The van der Waals surface area contributed by atoms with E-state index in [-0.39, 0.29) is 0 Å².